The van der Waals surface area contributed by atoms with Gasteiger partial charge in [0.15, 0.2) is 0 Å². The lowest BCUT2D eigenvalue weighted by atomic mass is 10.4. The predicted molar refractivity (Wildman–Crippen MR) is 64.4 cm³/mol. The van der Waals surface area contributed by atoms with Gasteiger partial charge in [-0.05, 0) is 20.8 Å². The fourth-order valence-corrected chi connectivity index (χ4v) is 0.536. The van der Waals surface area contributed by atoms with Gasteiger partial charge in [-0.15, -0.1) is 0 Å². The molecule has 3 unspecified atom stereocenters. The van der Waals surface area contributed by atoms with Crippen molar-refractivity contribution in [2.75, 3.05) is 33.0 Å². The molecule has 2 fully saturated rings. The summed E-state index contributed by atoms with van der Waals surface area (Å²) in [4.78, 5) is 0. The zero-order valence-electron chi connectivity index (χ0n) is 10.6. The average molecular weight is 234 g/mol. The van der Waals surface area contributed by atoms with Gasteiger partial charge in [0.25, 0.3) is 0 Å². The maximum absolute atomic E-state index is 5.41. The van der Waals surface area contributed by atoms with Crippen molar-refractivity contribution in [3.63, 3.8) is 0 Å². The van der Waals surface area contributed by atoms with Crippen LogP contribution in [0.5, 0.6) is 0 Å². The molecule has 0 aliphatic carbocycles. The lowest BCUT2D eigenvalue weighted by molar-refractivity contribution is 0.115. The topological polar surface area (TPSA) is 86.3 Å². The third-order valence-corrected chi connectivity index (χ3v) is 1.47. The molecular formula is C11H26N2O3. The third kappa shape index (κ3) is 23.5. The maximum atomic E-state index is 5.41. The number of ether oxygens (including phenoxy) is 3. The van der Waals surface area contributed by atoms with Crippen molar-refractivity contribution in [3.8, 4) is 0 Å². The molecule has 4 N–H and O–H groups in total. The highest BCUT2D eigenvalue weighted by molar-refractivity contribution is 4.58. The second-order valence-electron chi connectivity index (χ2n) is 4.25. The van der Waals surface area contributed by atoms with Gasteiger partial charge in [-0.3, -0.25) is 0 Å². The first-order valence-corrected chi connectivity index (χ1v) is 5.80. The molecular weight excluding hydrogens is 208 g/mol. The van der Waals surface area contributed by atoms with Crippen molar-refractivity contribution in [1.82, 2.24) is 0 Å². The Balaban J connectivity index is 0.000000256. The van der Waals surface area contributed by atoms with Gasteiger partial charge in [-0.1, -0.05) is 0 Å². The van der Waals surface area contributed by atoms with Gasteiger partial charge < -0.3 is 25.7 Å². The van der Waals surface area contributed by atoms with Crippen molar-refractivity contribution in [1.29, 1.82) is 0 Å². The lowest BCUT2D eigenvalue weighted by Crippen LogP contribution is -2.27. The molecule has 0 aromatic carbocycles. The summed E-state index contributed by atoms with van der Waals surface area (Å²) in [6.07, 6.45) is 0.583. The molecule has 2 saturated heterocycles. The molecule has 2 aliphatic heterocycles. The second-order valence-corrected chi connectivity index (χ2v) is 4.25. The Morgan fingerprint density at radius 2 is 1.50 bits per heavy atom. The van der Waals surface area contributed by atoms with Gasteiger partial charge >= 0.3 is 0 Å². The van der Waals surface area contributed by atoms with Crippen LogP contribution in [0.2, 0.25) is 0 Å². The first kappa shape index (κ1) is 15.8. The van der Waals surface area contributed by atoms with Gasteiger partial charge in [0, 0.05) is 12.1 Å². The van der Waals surface area contributed by atoms with E-state index in [2.05, 4.69) is 11.7 Å². The Kier molecular flexibility index (Phi) is 9.86. The average Bonchev–Trinajstić information content (AvgIpc) is 2.99. The standard InChI is InChI=1S/C6H16N2O.C3H6O.C2H4O/c1-5(7)3-9-4-6(2)8;1-3-2-4-3;1-2-3-1/h5-6H,3-4,7-8H2,1-2H3;3H,2H2,1H3;1-2H2. The van der Waals surface area contributed by atoms with Gasteiger partial charge in [0.1, 0.15) is 0 Å². The highest BCUT2D eigenvalue weighted by Crippen LogP contribution is 2.04. The summed E-state index contributed by atoms with van der Waals surface area (Å²) < 4.78 is 14.3. The minimum atomic E-state index is 0.115. The molecule has 0 radical (unpaired) electrons. The summed E-state index contributed by atoms with van der Waals surface area (Å²) in [6.45, 7) is 10.0. The fourth-order valence-electron chi connectivity index (χ4n) is 0.536. The Morgan fingerprint density at radius 3 is 1.62 bits per heavy atom. The van der Waals surface area contributed by atoms with Gasteiger partial charge in [-0.25, -0.2) is 0 Å². The van der Waals surface area contributed by atoms with Crippen molar-refractivity contribution in [2.24, 2.45) is 11.5 Å². The zero-order valence-corrected chi connectivity index (χ0v) is 10.6. The second kappa shape index (κ2) is 9.99. The van der Waals surface area contributed by atoms with Crippen molar-refractivity contribution in [2.45, 2.75) is 39.0 Å². The minimum Gasteiger partial charge on any atom is -0.378 e. The minimum absolute atomic E-state index is 0.115. The fraction of sp³-hybridized carbons (Fsp3) is 1.00. The molecule has 2 aliphatic rings. The molecule has 0 amide bonds. The van der Waals surface area contributed by atoms with E-state index in [0.29, 0.717) is 19.3 Å². The van der Waals surface area contributed by atoms with E-state index >= 15 is 0 Å². The van der Waals surface area contributed by atoms with Gasteiger partial charge in [0.2, 0.25) is 0 Å². The zero-order chi connectivity index (χ0) is 12.4. The Bertz CT molecular complexity index is 137. The van der Waals surface area contributed by atoms with Crippen LogP contribution in [0.1, 0.15) is 20.8 Å². The monoisotopic (exact) mass is 234 g/mol. The first-order valence-electron chi connectivity index (χ1n) is 5.80. The molecule has 0 saturated carbocycles. The first-order chi connectivity index (χ1) is 7.52. The Labute approximate surface area is 98.4 Å². The number of rotatable bonds is 4. The quantitative estimate of drug-likeness (QED) is 0.675. The summed E-state index contributed by atoms with van der Waals surface area (Å²) in [6, 6.07) is 0.229. The molecule has 98 valence electrons. The van der Waals surface area contributed by atoms with E-state index in [1.807, 2.05) is 13.8 Å². The Hall–Kier alpha value is -0.200. The van der Waals surface area contributed by atoms with Gasteiger partial charge in [-0.2, -0.15) is 0 Å². The van der Waals surface area contributed by atoms with Crippen LogP contribution in [0.15, 0.2) is 0 Å². The van der Waals surface area contributed by atoms with Crippen LogP contribution in [-0.2, 0) is 14.2 Å². The van der Waals surface area contributed by atoms with E-state index in [-0.39, 0.29) is 12.1 Å². The highest BCUT2D eigenvalue weighted by Gasteiger charge is 2.13. The van der Waals surface area contributed by atoms with Crippen LogP contribution in [0, 0.1) is 0 Å². The number of hydrogen-bond acceptors (Lipinski definition) is 5. The predicted octanol–water partition coefficient (Wildman–Crippen LogP) is 0.119. The van der Waals surface area contributed by atoms with Crippen LogP contribution in [0.3, 0.4) is 0 Å². The molecule has 5 heteroatoms. The summed E-state index contributed by atoms with van der Waals surface area (Å²) in [5, 5.41) is 0. The van der Waals surface area contributed by atoms with Crippen LogP contribution in [0.4, 0.5) is 0 Å². The lowest BCUT2D eigenvalue weighted by Gasteiger charge is -2.08. The molecule has 2 heterocycles. The molecule has 2 rings (SSSR count). The van der Waals surface area contributed by atoms with Crippen molar-refractivity contribution >= 4 is 0 Å². The van der Waals surface area contributed by atoms with E-state index in [9.17, 15) is 0 Å². The van der Waals surface area contributed by atoms with Crippen LogP contribution >= 0.6 is 0 Å². The number of epoxide rings is 2. The molecule has 0 bridgehead atoms. The van der Waals surface area contributed by atoms with E-state index in [4.69, 9.17) is 20.9 Å². The van der Waals surface area contributed by atoms with Crippen LogP contribution in [0.25, 0.3) is 0 Å². The van der Waals surface area contributed by atoms with Crippen LogP contribution in [-0.4, -0.2) is 51.2 Å². The largest absolute Gasteiger partial charge is 0.378 e. The molecule has 0 spiro atoms. The molecule has 3 atom stereocenters. The van der Waals surface area contributed by atoms with E-state index in [1.54, 1.807) is 0 Å². The summed E-state index contributed by atoms with van der Waals surface area (Å²) in [7, 11) is 0. The van der Waals surface area contributed by atoms with E-state index in [1.165, 1.54) is 0 Å². The normalized spacial score (nSPS) is 24.2. The molecule has 0 aromatic heterocycles. The molecule has 5 nitrogen and oxygen atoms in total. The maximum Gasteiger partial charge on any atom is 0.0781 e. The van der Waals surface area contributed by atoms with Crippen molar-refractivity contribution < 1.29 is 14.2 Å². The van der Waals surface area contributed by atoms with E-state index in [0.717, 1.165) is 19.8 Å². The number of nitrogens with two attached hydrogens (primary N) is 2. The smallest absolute Gasteiger partial charge is 0.0781 e. The summed E-state index contributed by atoms with van der Waals surface area (Å²) in [5.41, 5.74) is 10.8. The SMILES string of the molecule is C1CO1.CC(N)COCC(C)N.CC1CO1. The summed E-state index contributed by atoms with van der Waals surface area (Å²) in [5.74, 6) is 0. The highest BCUT2D eigenvalue weighted by atomic mass is 16.6. The molecule has 0 aromatic rings. The van der Waals surface area contributed by atoms with Gasteiger partial charge in [0.05, 0.1) is 39.1 Å². The number of hydrogen-bond donors (Lipinski definition) is 2. The van der Waals surface area contributed by atoms with Crippen LogP contribution < -0.4 is 11.5 Å². The van der Waals surface area contributed by atoms with E-state index < -0.39 is 0 Å². The molecule has 16 heavy (non-hydrogen) atoms. The van der Waals surface area contributed by atoms with Crippen molar-refractivity contribution in [3.05, 3.63) is 0 Å². The summed E-state index contributed by atoms with van der Waals surface area (Å²) >= 11 is 0. The Morgan fingerprint density at radius 1 is 1.19 bits per heavy atom. The third-order valence-electron chi connectivity index (χ3n) is 1.47.